The fourth-order valence-corrected chi connectivity index (χ4v) is 9.19. The second-order valence-corrected chi connectivity index (χ2v) is 12.7. The molecule has 1 spiro atoms. The zero-order valence-electron chi connectivity index (χ0n) is 19.4. The van der Waals surface area contributed by atoms with Gasteiger partial charge in [-0.25, -0.2) is 5.43 Å². The summed E-state index contributed by atoms with van der Waals surface area (Å²) in [6, 6.07) is 7.97. The lowest BCUT2D eigenvalue weighted by Gasteiger charge is -2.34. The summed E-state index contributed by atoms with van der Waals surface area (Å²) in [6.07, 6.45) is 7.31. The molecule has 5 unspecified atom stereocenters. The number of nitrogens with one attached hydrogen (secondary N) is 1. The van der Waals surface area contributed by atoms with Crippen LogP contribution in [0.25, 0.3) is 0 Å². The maximum Gasteiger partial charge on any atom is 0.247 e. The molecule has 2 amide bonds. The van der Waals surface area contributed by atoms with Gasteiger partial charge in [0.1, 0.15) is 11.0 Å². The number of carbonyl (C=O) groups is 2. The summed E-state index contributed by atoms with van der Waals surface area (Å²) in [7, 11) is 0. The van der Waals surface area contributed by atoms with Crippen LogP contribution in [0.3, 0.4) is 0 Å². The van der Waals surface area contributed by atoms with Crippen LogP contribution in [0.15, 0.2) is 46.4 Å². The van der Waals surface area contributed by atoms with Crippen molar-refractivity contribution in [1.29, 1.82) is 0 Å². The van der Waals surface area contributed by atoms with E-state index in [9.17, 15) is 9.59 Å². The number of fused-ring (bicyclic) bond motifs is 6. The molecule has 1 aromatic rings. The first kappa shape index (κ1) is 20.3. The Bertz CT molecular complexity index is 1190. The number of benzene rings is 1. The van der Waals surface area contributed by atoms with E-state index in [1.54, 1.807) is 11.8 Å². The number of hydrogen-bond acceptors (Lipinski definition) is 5. The van der Waals surface area contributed by atoms with E-state index in [2.05, 4.69) is 31.3 Å². The molecule has 6 nitrogen and oxygen atoms in total. The Morgan fingerprint density at radius 1 is 1.21 bits per heavy atom. The van der Waals surface area contributed by atoms with Gasteiger partial charge in [0.25, 0.3) is 0 Å². The van der Waals surface area contributed by atoms with Gasteiger partial charge in [-0.1, -0.05) is 56.8 Å². The summed E-state index contributed by atoms with van der Waals surface area (Å²) in [5.74, 6) is -0.749. The number of carbonyl (C=O) groups excluding carboxylic acids is 2. The molecular formula is C26H29N3O3S. The number of hydrogen-bond donors (Lipinski definition) is 1. The van der Waals surface area contributed by atoms with Crippen molar-refractivity contribution in [2.24, 2.45) is 33.7 Å². The highest BCUT2D eigenvalue weighted by atomic mass is 32.2. The number of nitrogens with zero attached hydrogens (tertiary/aromatic N) is 2. The third-order valence-corrected chi connectivity index (χ3v) is 11.5. The highest BCUT2D eigenvalue weighted by Gasteiger charge is 2.76. The Labute approximate surface area is 198 Å². The number of anilines is 1. The normalized spacial score (nSPS) is 46.2. The number of hydrazone groups is 1. The van der Waals surface area contributed by atoms with Crippen LogP contribution in [-0.2, 0) is 14.3 Å². The third-order valence-electron chi connectivity index (χ3n) is 10.1. The van der Waals surface area contributed by atoms with Gasteiger partial charge < -0.3 is 4.74 Å². The Morgan fingerprint density at radius 3 is 2.73 bits per heavy atom. The van der Waals surface area contributed by atoms with Crippen LogP contribution >= 0.6 is 11.8 Å². The summed E-state index contributed by atoms with van der Waals surface area (Å²) < 4.78 is 6.59. The average molecular weight is 464 g/mol. The smallest absolute Gasteiger partial charge is 0.247 e. The monoisotopic (exact) mass is 463 g/mol. The van der Waals surface area contributed by atoms with Crippen LogP contribution < -0.4 is 10.3 Å². The highest BCUT2D eigenvalue weighted by molar-refractivity contribution is 8.00. The van der Waals surface area contributed by atoms with E-state index in [0.29, 0.717) is 5.92 Å². The molecule has 2 saturated carbocycles. The molecule has 33 heavy (non-hydrogen) atoms. The van der Waals surface area contributed by atoms with Crippen LogP contribution in [0, 0.1) is 28.6 Å². The van der Waals surface area contributed by atoms with Gasteiger partial charge in [0, 0.05) is 16.0 Å². The van der Waals surface area contributed by atoms with E-state index in [1.807, 2.05) is 48.2 Å². The van der Waals surface area contributed by atoms with Crippen molar-refractivity contribution in [3.8, 4) is 0 Å². The first-order chi connectivity index (χ1) is 15.6. The largest absolute Gasteiger partial charge is 0.356 e. The van der Waals surface area contributed by atoms with Crippen LogP contribution in [-0.4, -0.2) is 34.1 Å². The minimum absolute atomic E-state index is 0.0212. The zero-order valence-corrected chi connectivity index (χ0v) is 20.2. The zero-order chi connectivity index (χ0) is 23.0. The molecule has 1 aromatic carbocycles. The van der Waals surface area contributed by atoms with Crippen LogP contribution in [0.1, 0.15) is 47.0 Å². The van der Waals surface area contributed by atoms with Crippen molar-refractivity contribution in [3.63, 3.8) is 0 Å². The fourth-order valence-electron chi connectivity index (χ4n) is 7.73. The number of thioether (sulfide) groups is 1. The second kappa shape index (κ2) is 5.92. The van der Waals surface area contributed by atoms with E-state index < -0.39 is 23.0 Å². The molecule has 7 rings (SSSR count). The molecule has 2 aliphatic carbocycles. The quantitative estimate of drug-likeness (QED) is 0.529. The predicted molar refractivity (Wildman–Crippen MR) is 127 cm³/mol. The molecule has 6 aliphatic rings. The van der Waals surface area contributed by atoms with E-state index in [1.165, 1.54) is 6.42 Å². The van der Waals surface area contributed by atoms with E-state index >= 15 is 0 Å². The molecular weight excluding hydrogens is 434 g/mol. The van der Waals surface area contributed by atoms with Crippen molar-refractivity contribution in [2.75, 3.05) is 4.90 Å². The number of amides is 2. The van der Waals surface area contributed by atoms with Crippen molar-refractivity contribution in [3.05, 3.63) is 36.4 Å². The summed E-state index contributed by atoms with van der Waals surface area (Å²) >= 11 is 1.66. The van der Waals surface area contributed by atoms with Crippen molar-refractivity contribution < 1.29 is 14.3 Å². The van der Waals surface area contributed by atoms with Gasteiger partial charge in [-0.05, 0) is 49.7 Å². The standard InChI is InChI=1S/C26H29N3O3S/c1-23(2)14-9-10-24(23,3)17(13-14)27-28-20(30)18-19-21(31)29-15-7-5-6-8-16(15)33-22(29)26(19)12-11-25(18,4)32-26/h5-8,11-12,14,18-19,22H,9-10,13H2,1-4H3,(H,28,30)/b27-17+/t14-,18?,19?,22?,24+,25?,26?/m1/s1. The lowest BCUT2D eigenvalue weighted by atomic mass is 9.70. The SMILES string of the molecule is CC12C=CC3(O1)C(C(=O)N1c4ccccc4SC13)C2C(=O)N/N=C1\C[C@H]2CC[C@]1(C)C2(C)C. The molecule has 2 saturated heterocycles. The predicted octanol–water partition coefficient (Wildman–Crippen LogP) is 4.11. The van der Waals surface area contributed by atoms with Crippen molar-refractivity contribution in [2.45, 2.75) is 68.4 Å². The van der Waals surface area contributed by atoms with Gasteiger partial charge in [-0.2, -0.15) is 5.10 Å². The summed E-state index contributed by atoms with van der Waals surface area (Å²) in [5, 5.41) is 4.50. The maximum absolute atomic E-state index is 13.8. The van der Waals surface area contributed by atoms with Crippen LogP contribution in [0.5, 0.6) is 0 Å². The van der Waals surface area contributed by atoms with Crippen LogP contribution in [0.4, 0.5) is 5.69 Å². The molecule has 7 atom stereocenters. The van der Waals surface area contributed by atoms with Crippen molar-refractivity contribution in [1.82, 2.24) is 5.43 Å². The second-order valence-electron chi connectivity index (χ2n) is 11.6. The molecule has 0 radical (unpaired) electrons. The van der Waals surface area contributed by atoms with Gasteiger partial charge in [-0.15, -0.1) is 0 Å². The Balaban J connectivity index is 1.21. The molecule has 0 aromatic heterocycles. The molecule has 172 valence electrons. The van der Waals surface area contributed by atoms with Gasteiger partial charge >= 0.3 is 0 Å². The van der Waals surface area contributed by atoms with Gasteiger partial charge in [0.05, 0.1) is 23.1 Å². The molecule has 7 heteroatoms. The molecule has 1 N–H and O–H groups in total. The molecule has 4 bridgehead atoms. The van der Waals surface area contributed by atoms with Gasteiger partial charge in [-0.3, -0.25) is 14.5 Å². The lowest BCUT2D eigenvalue weighted by molar-refractivity contribution is -0.133. The topological polar surface area (TPSA) is 71.0 Å². The van der Waals surface area contributed by atoms with Gasteiger partial charge in [0.2, 0.25) is 11.8 Å². The van der Waals surface area contributed by atoms with E-state index in [-0.39, 0.29) is 28.0 Å². The maximum atomic E-state index is 13.8. The Kier molecular flexibility index (Phi) is 3.64. The van der Waals surface area contributed by atoms with Crippen LogP contribution in [0.2, 0.25) is 0 Å². The minimum Gasteiger partial charge on any atom is -0.356 e. The van der Waals surface area contributed by atoms with E-state index in [4.69, 9.17) is 4.74 Å². The Hall–Kier alpha value is -2.12. The first-order valence-corrected chi connectivity index (χ1v) is 12.9. The fraction of sp³-hybridized carbons (Fsp3) is 0.577. The Morgan fingerprint density at radius 2 is 2.00 bits per heavy atom. The number of rotatable bonds is 2. The number of para-hydroxylation sites is 1. The summed E-state index contributed by atoms with van der Waals surface area (Å²) in [5.41, 5.74) is 3.54. The molecule has 4 heterocycles. The lowest BCUT2D eigenvalue weighted by Crippen LogP contribution is -2.47. The van der Waals surface area contributed by atoms with Crippen molar-refractivity contribution >= 4 is 35.0 Å². The average Bonchev–Trinajstić information content (AvgIpc) is 3.54. The third kappa shape index (κ3) is 2.15. The van der Waals surface area contributed by atoms with Gasteiger partial charge in [0.15, 0.2) is 0 Å². The highest BCUT2D eigenvalue weighted by Crippen LogP contribution is 2.66. The number of ether oxygens (including phenoxy) is 1. The summed E-state index contributed by atoms with van der Waals surface area (Å²) in [4.78, 5) is 30.3. The van der Waals surface area contributed by atoms with E-state index in [0.717, 1.165) is 29.1 Å². The minimum atomic E-state index is -0.802. The first-order valence-electron chi connectivity index (χ1n) is 12.0. The summed E-state index contributed by atoms with van der Waals surface area (Å²) in [6.45, 7) is 8.87. The molecule has 4 fully saturated rings. The molecule has 4 aliphatic heterocycles.